The Labute approximate surface area is 197 Å². The Kier molecular flexibility index (Phi) is 7.57. The first kappa shape index (κ1) is 24.1. The molecule has 0 atom stereocenters. The van der Waals surface area contributed by atoms with Crippen LogP contribution >= 0.6 is 11.6 Å². The minimum absolute atomic E-state index is 0.0710. The minimum Gasteiger partial charge on any atom is -0.492 e. The van der Waals surface area contributed by atoms with Gasteiger partial charge in [0.2, 0.25) is 5.91 Å². The van der Waals surface area contributed by atoms with Crippen LogP contribution in [0.15, 0.2) is 71.6 Å². The number of carbonyl (C=O) groups is 2. The molecule has 0 aliphatic heterocycles. The number of sulfonamides is 1. The molecule has 3 N–H and O–H groups in total. The van der Waals surface area contributed by atoms with Crippen LogP contribution < -0.4 is 20.1 Å². The third-order valence-electron chi connectivity index (χ3n) is 4.35. The van der Waals surface area contributed by atoms with Crippen LogP contribution in [0.2, 0.25) is 5.02 Å². The zero-order chi connectivity index (χ0) is 24.0. The van der Waals surface area contributed by atoms with Crippen LogP contribution in [0.4, 0.5) is 17.1 Å². The number of benzene rings is 3. The molecule has 2 amide bonds. The number of ether oxygens (including phenoxy) is 1. The van der Waals surface area contributed by atoms with Crippen molar-refractivity contribution in [2.75, 3.05) is 22.0 Å². The molecule has 33 heavy (non-hydrogen) atoms. The smallest absolute Gasteiger partial charge is 0.261 e. The van der Waals surface area contributed by atoms with Crippen LogP contribution in [0.25, 0.3) is 0 Å². The average Bonchev–Trinajstić information content (AvgIpc) is 2.76. The molecule has 0 aliphatic rings. The highest BCUT2D eigenvalue weighted by molar-refractivity contribution is 7.92. The zero-order valence-electron chi connectivity index (χ0n) is 17.9. The summed E-state index contributed by atoms with van der Waals surface area (Å²) in [5.41, 5.74) is 1.36. The monoisotopic (exact) mass is 487 g/mol. The van der Waals surface area contributed by atoms with Crippen molar-refractivity contribution in [3.63, 3.8) is 0 Å². The Morgan fingerprint density at radius 3 is 2.27 bits per heavy atom. The second-order valence-corrected chi connectivity index (χ2v) is 9.04. The van der Waals surface area contributed by atoms with Crippen LogP contribution in [0.3, 0.4) is 0 Å². The Balaban J connectivity index is 1.86. The van der Waals surface area contributed by atoms with E-state index in [4.69, 9.17) is 16.3 Å². The lowest BCUT2D eigenvalue weighted by atomic mass is 10.2. The highest BCUT2D eigenvalue weighted by Gasteiger charge is 2.19. The van der Waals surface area contributed by atoms with E-state index in [1.165, 1.54) is 43.3 Å². The first-order valence-electron chi connectivity index (χ1n) is 9.92. The Morgan fingerprint density at radius 2 is 1.64 bits per heavy atom. The lowest BCUT2D eigenvalue weighted by Gasteiger charge is -2.15. The van der Waals surface area contributed by atoms with Crippen LogP contribution in [-0.2, 0) is 14.8 Å². The fourth-order valence-corrected chi connectivity index (χ4v) is 4.19. The third-order valence-corrected chi connectivity index (χ3v) is 5.97. The van der Waals surface area contributed by atoms with E-state index in [0.717, 1.165) is 0 Å². The van der Waals surface area contributed by atoms with Gasteiger partial charge in [0.25, 0.3) is 15.9 Å². The van der Waals surface area contributed by atoms with Crippen molar-refractivity contribution in [2.45, 2.75) is 18.7 Å². The molecular weight excluding hydrogens is 466 g/mol. The van der Waals surface area contributed by atoms with E-state index in [0.29, 0.717) is 34.3 Å². The summed E-state index contributed by atoms with van der Waals surface area (Å²) in [7, 11) is -3.98. The fraction of sp³-hybridized carbons (Fsp3) is 0.130. The van der Waals surface area contributed by atoms with Crippen molar-refractivity contribution in [1.29, 1.82) is 0 Å². The van der Waals surface area contributed by atoms with Crippen molar-refractivity contribution in [3.8, 4) is 5.75 Å². The number of amides is 2. The van der Waals surface area contributed by atoms with Crippen molar-refractivity contribution in [2.24, 2.45) is 0 Å². The van der Waals surface area contributed by atoms with E-state index in [1.54, 1.807) is 37.3 Å². The van der Waals surface area contributed by atoms with Gasteiger partial charge < -0.3 is 15.4 Å². The van der Waals surface area contributed by atoms with Gasteiger partial charge >= 0.3 is 0 Å². The molecule has 0 saturated heterocycles. The van der Waals surface area contributed by atoms with Crippen LogP contribution in [-0.4, -0.2) is 26.8 Å². The molecule has 0 heterocycles. The summed E-state index contributed by atoms with van der Waals surface area (Å²) in [6, 6.07) is 16.8. The van der Waals surface area contributed by atoms with E-state index < -0.39 is 15.9 Å². The highest BCUT2D eigenvalue weighted by Crippen LogP contribution is 2.30. The maximum atomic E-state index is 12.9. The summed E-state index contributed by atoms with van der Waals surface area (Å²) in [5, 5.41) is 5.70. The normalized spacial score (nSPS) is 10.9. The largest absolute Gasteiger partial charge is 0.492 e. The lowest BCUT2D eigenvalue weighted by molar-refractivity contribution is -0.114. The molecule has 10 heteroatoms. The summed E-state index contributed by atoms with van der Waals surface area (Å²) >= 11 is 5.96. The van der Waals surface area contributed by atoms with Crippen molar-refractivity contribution in [1.82, 2.24) is 0 Å². The van der Waals surface area contributed by atoms with Gasteiger partial charge in [0.15, 0.2) is 0 Å². The molecule has 0 unspecified atom stereocenters. The number of hydrogen-bond donors (Lipinski definition) is 3. The molecular formula is C23H22ClN3O5S. The number of halogens is 1. The number of carbonyl (C=O) groups excluding carboxylic acids is 2. The minimum atomic E-state index is -3.98. The van der Waals surface area contributed by atoms with E-state index in [-0.39, 0.29) is 16.5 Å². The molecule has 0 spiro atoms. The Morgan fingerprint density at radius 1 is 0.939 bits per heavy atom. The SMILES string of the molecule is CCOc1ccc(S(=O)(=O)Nc2ccc(NC(C)=O)cc2)cc1NC(=O)c1cccc(Cl)c1. The number of nitrogens with one attached hydrogen (secondary N) is 3. The first-order valence-corrected chi connectivity index (χ1v) is 11.8. The maximum Gasteiger partial charge on any atom is 0.261 e. The molecule has 3 aromatic rings. The molecule has 0 bridgehead atoms. The predicted octanol–water partition coefficient (Wildman–Crippen LogP) is 4.75. The van der Waals surface area contributed by atoms with Gasteiger partial charge in [-0.1, -0.05) is 17.7 Å². The number of anilines is 3. The molecule has 0 fully saturated rings. The Hall–Kier alpha value is -3.56. The standard InChI is InChI=1S/C23H22ClN3O5S/c1-3-32-22-12-11-20(14-21(22)26-23(29)16-5-4-6-17(24)13-16)33(30,31)27-19-9-7-18(8-10-19)25-15(2)28/h4-14,27H,3H2,1-2H3,(H,25,28)(H,26,29). The lowest BCUT2D eigenvalue weighted by Crippen LogP contribution is -2.16. The van der Waals surface area contributed by atoms with Gasteiger partial charge in [-0.05, 0) is 67.6 Å². The molecule has 0 aromatic heterocycles. The molecule has 3 aromatic carbocycles. The topological polar surface area (TPSA) is 114 Å². The second-order valence-electron chi connectivity index (χ2n) is 6.92. The van der Waals surface area contributed by atoms with Gasteiger partial charge in [0.1, 0.15) is 5.75 Å². The average molecular weight is 488 g/mol. The van der Waals surface area contributed by atoms with Gasteiger partial charge in [-0.15, -0.1) is 0 Å². The molecule has 3 rings (SSSR count). The summed E-state index contributed by atoms with van der Waals surface area (Å²) in [5.74, 6) is -0.369. The fourth-order valence-electron chi connectivity index (χ4n) is 2.92. The van der Waals surface area contributed by atoms with Crippen molar-refractivity contribution < 1.29 is 22.7 Å². The number of hydrogen-bond acceptors (Lipinski definition) is 5. The Bertz CT molecular complexity index is 1280. The molecule has 8 nitrogen and oxygen atoms in total. The summed E-state index contributed by atoms with van der Waals surface area (Å²) in [6.45, 7) is 3.48. The zero-order valence-corrected chi connectivity index (χ0v) is 19.5. The van der Waals surface area contributed by atoms with E-state index in [9.17, 15) is 18.0 Å². The number of rotatable bonds is 8. The van der Waals surface area contributed by atoms with Gasteiger partial charge in [-0.3, -0.25) is 14.3 Å². The predicted molar refractivity (Wildman–Crippen MR) is 129 cm³/mol. The molecule has 0 aliphatic carbocycles. The van der Waals surface area contributed by atoms with Gasteiger partial charge in [-0.2, -0.15) is 0 Å². The van der Waals surface area contributed by atoms with Crippen LogP contribution in [0.1, 0.15) is 24.2 Å². The van der Waals surface area contributed by atoms with E-state index in [2.05, 4.69) is 15.4 Å². The van der Waals surface area contributed by atoms with Gasteiger partial charge in [0.05, 0.1) is 17.2 Å². The second kappa shape index (κ2) is 10.4. The summed E-state index contributed by atoms with van der Waals surface area (Å²) < 4.78 is 33.9. The quantitative estimate of drug-likeness (QED) is 0.424. The third kappa shape index (κ3) is 6.47. The van der Waals surface area contributed by atoms with Gasteiger partial charge in [0, 0.05) is 28.9 Å². The first-order chi connectivity index (χ1) is 15.7. The van der Waals surface area contributed by atoms with Gasteiger partial charge in [-0.25, -0.2) is 8.42 Å². The van der Waals surface area contributed by atoms with E-state index in [1.807, 2.05) is 0 Å². The molecule has 172 valence electrons. The van der Waals surface area contributed by atoms with Crippen LogP contribution in [0, 0.1) is 0 Å². The highest BCUT2D eigenvalue weighted by atomic mass is 35.5. The van der Waals surface area contributed by atoms with Crippen LogP contribution in [0.5, 0.6) is 5.75 Å². The summed E-state index contributed by atoms with van der Waals surface area (Å²) in [4.78, 5) is 23.7. The maximum absolute atomic E-state index is 12.9. The molecule has 0 saturated carbocycles. The molecule has 0 radical (unpaired) electrons. The summed E-state index contributed by atoms with van der Waals surface area (Å²) in [6.07, 6.45) is 0. The van der Waals surface area contributed by atoms with Crippen molar-refractivity contribution >= 4 is 50.5 Å². The van der Waals surface area contributed by atoms with E-state index >= 15 is 0 Å². The van der Waals surface area contributed by atoms with Crippen molar-refractivity contribution in [3.05, 3.63) is 77.3 Å².